The summed E-state index contributed by atoms with van der Waals surface area (Å²) in [6, 6.07) is 15.0. The monoisotopic (exact) mass is 271 g/mol. The zero-order chi connectivity index (χ0) is 13.8. The number of hydrogen-bond acceptors (Lipinski definition) is 3. The van der Waals surface area contributed by atoms with Gasteiger partial charge in [0, 0.05) is 30.0 Å². The van der Waals surface area contributed by atoms with Gasteiger partial charge in [0.1, 0.15) is 0 Å². The van der Waals surface area contributed by atoms with Crippen LogP contribution in [0.5, 0.6) is 0 Å². The van der Waals surface area contributed by atoms with Crippen LogP contribution in [-0.2, 0) is 6.54 Å². The van der Waals surface area contributed by atoms with Crippen molar-refractivity contribution in [3.05, 3.63) is 58.6 Å². The number of nitrogens with two attached hydrogens (primary N) is 1. The summed E-state index contributed by atoms with van der Waals surface area (Å²) in [4.78, 5) is 2.06. The number of anilines is 2. The van der Waals surface area contributed by atoms with E-state index in [9.17, 15) is 0 Å². The maximum atomic E-state index is 8.77. The molecule has 0 bridgehead atoms. The van der Waals surface area contributed by atoms with Gasteiger partial charge in [-0.15, -0.1) is 0 Å². The number of benzene rings is 2. The third-order valence-corrected chi connectivity index (χ3v) is 3.28. The molecule has 3 nitrogen and oxygen atoms in total. The summed E-state index contributed by atoms with van der Waals surface area (Å²) in [5.74, 6) is 0. The number of nitrogen functional groups attached to an aromatic ring is 1. The Bertz CT molecular complexity index is 614. The van der Waals surface area contributed by atoms with E-state index < -0.39 is 0 Å². The van der Waals surface area contributed by atoms with Crippen molar-refractivity contribution < 1.29 is 0 Å². The molecule has 0 aliphatic carbocycles. The topological polar surface area (TPSA) is 53.0 Å². The Morgan fingerprint density at radius 1 is 1.21 bits per heavy atom. The Balaban J connectivity index is 2.18. The SMILES string of the molecule is CN(Cc1cc(N)ccc1Cl)c1ccc(C#N)cc1. The minimum absolute atomic E-state index is 0.652. The number of nitrogens with zero attached hydrogens (tertiary/aromatic N) is 2. The van der Waals surface area contributed by atoms with Crippen LogP contribution in [0, 0.1) is 11.3 Å². The predicted octanol–water partition coefficient (Wildman–Crippen LogP) is 3.43. The fourth-order valence-electron chi connectivity index (χ4n) is 1.85. The number of hydrogen-bond donors (Lipinski definition) is 1. The van der Waals surface area contributed by atoms with Crippen LogP contribution in [0.1, 0.15) is 11.1 Å². The van der Waals surface area contributed by atoms with E-state index in [-0.39, 0.29) is 0 Å². The lowest BCUT2D eigenvalue weighted by Gasteiger charge is -2.20. The predicted molar refractivity (Wildman–Crippen MR) is 79.1 cm³/mol. The molecule has 2 aromatic carbocycles. The maximum absolute atomic E-state index is 8.77. The maximum Gasteiger partial charge on any atom is 0.0991 e. The highest BCUT2D eigenvalue weighted by Gasteiger charge is 2.06. The molecule has 0 spiro atoms. The second kappa shape index (κ2) is 5.64. The van der Waals surface area contributed by atoms with Crippen molar-refractivity contribution in [1.82, 2.24) is 0 Å². The molecule has 0 fully saturated rings. The van der Waals surface area contributed by atoms with Gasteiger partial charge in [-0.1, -0.05) is 11.6 Å². The van der Waals surface area contributed by atoms with Gasteiger partial charge in [-0.2, -0.15) is 5.26 Å². The first-order valence-electron chi connectivity index (χ1n) is 5.85. The molecule has 0 saturated carbocycles. The third-order valence-electron chi connectivity index (χ3n) is 2.91. The Kier molecular flexibility index (Phi) is 3.94. The van der Waals surface area contributed by atoms with Gasteiger partial charge in [-0.3, -0.25) is 0 Å². The molecule has 0 atom stereocenters. The number of halogens is 1. The standard InChI is InChI=1S/C15H14ClN3/c1-19(14-5-2-11(9-17)3-6-14)10-12-8-13(18)4-7-15(12)16/h2-8H,10,18H2,1H3. The molecule has 0 unspecified atom stereocenters. The Labute approximate surface area is 117 Å². The molecular formula is C15H14ClN3. The van der Waals surface area contributed by atoms with Gasteiger partial charge in [0.25, 0.3) is 0 Å². The Hall–Kier alpha value is -2.18. The molecule has 2 N–H and O–H groups in total. The zero-order valence-corrected chi connectivity index (χ0v) is 11.4. The Morgan fingerprint density at radius 3 is 2.53 bits per heavy atom. The quantitative estimate of drug-likeness (QED) is 0.870. The highest BCUT2D eigenvalue weighted by molar-refractivity contribution is 6.31. The van der Waals surface area contributed by atoms with Crippen molar-refractivity contribution in [2.75, 3.05) is 17.7 Å². The molecular weight excluding hydrogens is 258 g/mol. The van der Waals surface area contributed by atoms with E-state index in [1.165, 1.54) is 0 Å². The smallest absolute Gasteiger partial charge is 0.0991 e. The van der Waals surface area contributed by atoms with Crippen LogP contribution >= 0.6 is 11.6 Å². The van der Waals surface area contributed by atoms with Crippen LogP contribution in [0.15, 0.2) is 42.5 Å². The lowest BCUT2D eigenvalue weighted by molar-refractivity contribution is 0.924. The van der Waals surface area contributed by atoms with E-state index in [1.807, 2.05) is 25.2 Å². The minimum Gasteiger partial charge on any atom is -0.399 e. The normalized spacial score (nSPS) is 9.95. The van der Waals surface area contributed by atoms with Gasteiger partial charge in [-0.25, -0.2) is 0 Å². The summed E-state index contributed by atoms with van der Waals surface area (Å²) in [6.07, 6.45) is 0. The van der Waals surface area contributed by atoms with Crippen molar-refractivity contribution in [2.45, 2.75) is 6.54 Å². The molecule has 19 heavy (non-hydrogen) atoms. The molecule has 2 rings (SSSR count). The molecule has 0 aliphatic rings. The summed E-state index contributed by atoms with van der Waals surface area (Å²) in [5.41, 5.74) is 9.13. The van der Waals surface area contributed by atoms with Crippen LogP contribution < -0.4 is 10.6 Å². The lowest BCUT2D eigenvalue weighted by Crippen LogP contribution is -2.16. The van der Waals surface area contributed by atoms with Crippen molar-refractivity contribution in [3.63, 3.8) is 0 Å². The second-order valence-corrected chi connectivity index (χ2v) is 4.77. The summed E-state index contributed by atoms with van der Waals surface area (Å²) in [6.45, 7) is 0.662. The van der Waals surface area contributed by atoms with E-state index in [1.54, 1.807) is 24.3 Å². The number of rotatable bonds is 3. The molecule has 96 valence electrons. The molecule has 0 aromatic heterocycles. The van der Waals surface area contributed by atoms with Crippen molar-refractivity contribution in [3.8, 4) is 6.07 Å². The van der Waals surface area contributed by atoms with Gasteiger partial charge in [0.15, 0.2) is 0 Å². The molecule has 0 aliphatic heterocycles. The summed E-state index contributed by atoms with van der Waals surface area (Å²) in [5, 5.41) is 9.48. The van der Waals surface area contributed by atoms with Crippen LogP contribution in [0.25, 0.3) is 0 Å². The largest absolute Gasteiger partial charge is 0.399 e. The van der Waals surface area contributed by atoms with Crippen molar-refractivity contribution in [2.24, 2.45) is 0 Å². The summed E-state index contributed by atoms with van der Waals surface area (Å²) in [7, 11) is 1.97. The fraction of sp³-hybridized carbons (Fsp3) is 0.133. The van der Waals surface area contributed by atoms with Crippen LogP contribution in [0.3, 0.4) is 0 Å². The molecule has 0 radical (unpaired) electrons. The van der Waals surface area contributed by atoms with E-state index in [0.717, 1.165) is 11.3 Å². The van der Waals surface area contributed by atoms with Crippen molar-refractivity contribution in [1.29, 1.82) is 5.26 Å². The molecule has 0 saturated heterocycles. The van der Waals surface area contributed by atoms with E-state index in [0.29, 0.717) is 22.8 Å². The molecule has 0 heterocycles. The third kappa shape index (κ3) is 3.18. The summed E-state index contributed by atoms with van der Waals surface area (Å²) >= 11 is 6.15. The van der Waals surface area contributed by atoms with Crippen LogP contribution in [-0.4, -0.2) is 7.05 Å². The average molecular weight is 272 g/mol. The first-order chi connectivity index (χ1) is 9.10. The number of nitriles is 1. The van der Waals surface area contributed by atoms with Crippen LogP contribution in [0.2, 0.25) is 5.02 Å². The first-order valence-corrected chi connectivity index (χ1v) is 6.23. The molecule has 2 aromatic rings. The fourth-order valence-corrected chi connectivity index (χ4v) is 2.03. The van der Waals surface area contributed by atoms with Gasteiger partial charge >= 0.3 is 0 Å². The second-order valence-electron chi connectivity index (χ2n) is 4.37. The van der Waals surface area contributed by atoms with Crippen LogP contribution in [0.4, 0.5) is 11.4 Å². The first kappa shape index (κ1) is 13.3. The average Bonchev–Trinajstić information content (AvgIpc) is 2.43. The van der Waals surface area contributed by atoms with E-state index in [4.69, 9.17) is 22.6 Å². The molecule has 4 heteroatoms. The summed E-state index contributed by atoms with van der Waals surface area (Å²) < 4.78 is 0. The van der Waals surface area contributed by atoms with Gasteiger partial charge in [0.2, 0.25) is 0 Å². The van der Waals surface area contributed by atoms with E-state index >= 15 is 0 Å². The highest BCUT2D eigenvalue weighted by Crippen LogP contribution is 2.23. The van der Waals surface area contributed by atoms with Gasteiger partial charge < -0.3 is 10.6 Å². The highest BCUT2D eigenvalue weighted by atomic mass is 35.5. The lowest BCUT2D eigenvalue weighted by atomic mass is 10.1. The van der Waals surface area contributed by atoms with Gasteiger partial charge in [0.05, 0.1) is 11.6 Å². The van der Waals surface area contributed by atoms with E-state index in [2.05, 4.69) is 11.0 Å². The minimum atomic E-state index is 0.652. The van der Waals surface area contributed by atoms with Gasteiger partial charge in [-0.05, 0) is 48.0 Å². The van der Waals surface area contributed by atoms with Crippen molar-refractivity contribution >= 4 is 23.0 Å². The molecule has 0 amide bonds. The zero-order valence-electron chi connectivity index (χ0n) is 10.6. The Morgan fingerprint density at radius 2 is 1.89 bits per heavy atom.